The van der Waals surface area contributed by atoms with Gasteiger partial charge in [-0.15, -0.1) is 0 Å². The van der Waals surface area contributed by atoms with Crippen molar-refractivity contribution in [3.05, 3.63) is 108 Å². The van der Waals surface area contributed by atoms with Crippen LogP contribution in [0.4, 0.5) is 31.8 Å². The predicted molar refractivity (Wildman–Crippen MR) is 227 cm³/mol. The molecule has 0 aliphatic carbocycles. The second-order valence-corrected chi connectivity index (χ2v) is 16.7. The fourth-order valence-corrected chi connectivity index (χ4v) is 8.22. The highest BCUT2D eigenvalue weighted by Gasteiger charge is 2.25. The van der Waals surface area contributed by atoms with E-state index in [9.17, 15) is 22.0 Å². The van der Waals surface area contributed by atoms with Gasteiger partial charge in [0.1, 0.15) is 44.3 Å². The summed E-state index contributed by atoms with van der Waals surface area (Å²) >= 11 is 0. The number of aryl methyl sites for hydroxylation is 1. The van der Waals surface area contributed by atoms with Crippen LogP contribution >= 0.6 is 0 Å². The minimum atomic E-state index is -2.99. The number of piperidine rings is 1. The number of halogens is 2. The van der Waals surface area contributed by atoms with Gasteiger partial charge >= 0.3 is 0 Å². The second-order valence-electron chi connectivity index (χ2n) is 14.4. The molecule has 2 N–H and O–H groups in total. The Bertz CT molecular complexity index is 2570. The van der Waals surface area contributed by atoms with Crippen molar-refractivity contribution >= 4 is 44.4 Å². The van der Waals surface area contributed by atoms with E-state index in [1.165, 1.54) is 12.3 Å². The Morgan fingerprint density at radius 1 is 0.898 bits per heavy atom. The number of hydrogen-bond donors (Lipinski definition) is 2. The molecule has 1 aliphatic heterocycles. The van der Waals surface area contributed by atoms with E-state index in [0.29, 0.717) is 64.6 Å². The summed E-state index contributed by atoms with van der Waals surface area (Å²) in [6.07, 6.45) is 8.13. The van der Waals surface area contributed by atoms with Gasteiger partial charge in [-0.25, -0.2) is 32.2 Å². The first-order valence-electron chi connectivity index (χ1n) is 19.8. The van der Waals surface area contributed by atoms with Crippen molar-refractivity contribution in [3.63, 3.8) is 0 Å². The van der Waals surface area contributed by atoms with Crippen molar-refractivity contribution in [2.24, 2.45) is 5.92 Å². The average molecular weight is 824 g/mol. The van der Waals surface area contributed by atoms with E-state index < -0.39 is 33.1 Å². The zero-order chi connectivity index (χ0) is 41.7. The number of carbonyl (C=O) groups excluding carboxylic acids is 1. The van der Waals surface area contributed by atoms with Gasteiger partial charge in [0, 0.05) is 49.1 Å². The van der Waals surface area contributed by atoms with Crippen LogP contribution in [0.5, 0.6) is 11.5 Å². The lowest BCUT2D eigenvalue weighted by Gasteiger charge is -2.35. The molecule has 3 aromatic heterocycles. The monoisotopic (exact) mass is 823 g/mol. The van der Waals surface area contributed by atoms with Crippen LogP contribution in [0.1, 0.15) is 56.0 Å². The molecule has 3 aromatic carbocycles. The minimum Gasteiger partial charge on any atom is -0.493 e. The van der Waals surface area contributed by atoms with Crippen LogP contribution in [0.2, 0.25) is 0 Å². The number of anilines is 4. The number of benzene rings is 3. The topological polar surface area (TPSA) is 140 Å². The molecule has 0 bridgehead atoms. The third-order valence-corrected chi connectivity index (χ3v) is 11.4. The third-order valence-electron chi connectivity index (χ3n) is 10.4. The Hall–Kier alpha value is -6.09. The maximum atomic E-state index is 14.6. The number of hydrogen-bond acceptors (Lipinski definition) is 10. The Labute approximate surface area is 342 Å². The van der Waals surface area contributed by atoms with Crippen LogP contribution in [0.3, 0.4) is 0 Å². The first kappa shape index (κ1) is 41.1. The zero-order valence-corrected chi connectivity index (χ0v) is 34.3. The number of ether oxygens (including phenoxy) is 2. The van der Waals surface area contributed by atoms with Crippen molar-refractivity contribution in [2.75, 3.05) is 53.8 Å². The van der Waals surface area contributed by atoms with Gasteiger partial charge in [-0.1, -0.05) is 19.1 Å². The number of nitrogens with one attached hydrogen (secondary N) is 2. The Morgan fingerprint density at radius 2 is 1.64 bits per heavy atom. The molecule has 0 spiro atoms. The smallest absolute Gasteiger partial charge is 0.259 e. The number of amides is 1. The van der Waals surface area contributed by atoms with E-state index in [0.717, 1.165) is 55.7 Å². The Kier molecular flexibility index (Phi) is 12.4. The lowest BCUT2D eigenvalue weighted by atomic mass is 9.93. The van der Waals surface area contributed by atoms with Crippen molar-refractivity contribution in [3.8, 4) is 34.1 Å². The number of imidazole rings is 1. The number of aromatic nitrogens is 4. The van der Waals surface area contributed by atoms with Crippen LogP contribution in [0.25, 0.3) is 28.3 Å². The van der Waals surface area contributed by atoms with E-state index in [4.69, 9.17) is 19.4 Å². The quantitative estimate of drug-likeness (QED) is 0.103. The first-order valence-corrected chi connectivity index (χ1v) is 21.8. The molecule has 15 heteroatoms. The number of sulfone groups is 1. The molecule has 59 heavy (non-hydrogen) atoms. The highest BCUT2D eigenvalue weighted by molar-refractivity contribution is 7.90. The van der Waals surface area contributed by atoms with E-state index in [1.54, 1.807) is 37.4 Å². The minimum absolute atomic E-state index is 0.0648. The van der Waals surface area contributed by atoms with E-state index in [2.05, 4.69) is 39.6 Å². The molecule has 0 atom stereocenters. The molecule has 0 unspecified atom stereocenters. The molecule has 1 amide bonds. The summed E-state index contributed by atoms with van der Waals surface area (Å²) in [6, 6.07) is 19.9. The summed E-state index contributed by atoms with van der Waals surface area (Å²) in [4.78, 5) is 30.5. The molecule has 1 fully saturated rings. The summed E-state index contributed by atoms with van der Waals surface area (Å²) in [7, 11) is -2.99. The lowest BCUT2D eigenvalue weighted by molar-refractivity contribution is 0.102. The number of rotatable bonds is 15. The van der Waals surface area contributed by atoms with Crippen LogP contribution in [0.15, 0.2) is 85.2 Å². The predicted octanol–water partition coefficient (Wildman–Crippen LogP) is 8.74. The maximum Gasteiger partial charge on any atom is 0.259 e. The number of para-hydroxylation sites is 1. The van der Waals surface area contributed by atoms with Crippen LogP contribution < -0.4 is 25.0 Å². The number of fused-ring (bicyclic) bond motifs is 1. The summed E-state index contributed by atoms with van der Waals surface area (Å²) in [5.41, 5.74) is 5.26. The maximum absolute atomic E-state index is 14.6. The van der Waals surface area contributed by atoms with Gasteiger partial charge in [0.2, 0.25) is 5.95 Å². The third kappa shape index (κ3) is 9.30. The van der Waals surface area contributed by atoms with Gasteiger partial charge < -0.3 is 25.0 Å². The highest BCUT2D eigenvalue weighted by atomic mass is 32.2. The summed E-state index contributed by atoms with van der Waals surface area (Å²) in [5.74, 6) is -0.755. The molecule has 4 heterocycles. The number of pyridine rings is 1. The fourth-order valence-electron chi connectivity index (χ4n) is 7.45. The van der Waals surface area contributed by atoms with Crippen LogP contribution in [-0.2, 0) is 16.3 Å². The molecule has 0 radical (unpaired) electrons. The summed E-state index contributed by atoms with van der Waals surface area (Å²) in [6.45, 7) is 8.18. The lowest BCUT2D eigenvalue weighted by Crippen LogP contribution is -2.34. The second kappa shape index (κ2) is 17.8. The van der Waals surface area contributed by atoms with Crippen molar-refractivity contribution < 1.29 is 31.5 Å². The van der Waals surface area contributed by atoms with Crippen LogP contribution in [-0.4, -0.2) is 72.0 Å². The van der Waals surface area contributed by atoms with Gasteiger partial charge in [-0.3, -0.25) is 9.20 Å². The van der Waals surface area contributed by atoms with Gasteiger partial charge in [-0.05, 0) is 106 Å². The van der Waals surface area contributed by atoms with Crippen molar-refractivity contribution in [2.45, 2.75) is 46.5 Å². The van der Waals surface area contributed by atoms with Gasteiger partial charge in [-0.2, -0.15) is 0 Å². The van der Waals surface area contributed by atoms with E-state index in [1.807, 2.05) is 35.7 Å². The number of carbonyl (C=O) groups is 1. The van der Waals surface area contributed by atoms with Gasteiger partial charge in [0.15, 0.2) is 0 Å². The van der Waals surface area contributed by atoms with Crippen LogP contribution in [0, 0.1) is 17.6 Å². The molecular weight excluding hydrogens is 777 g/mol. The van der Waals surface area contributed by atoms with E-state index >= 15 is 0 Å². The molecular formula is C44H47F2N7O5S. The van der Waals surface area contributed by atoms with Crippen molar-refractivity contribution in [1.82, 2.24) is 19.4 Å². The number of nitrogens with zero attached hydrogens (tertiary/aromatic N) is 5. The summed E-state index contributed by atoms with van der Waals surface area (Å²) in [5, 5.41) is 5.78. The highest BCUT2D eigenvalue weighted by Crippen LogP contribution is 2.39. The summed E-state index contributed by atoms with van der Waals surface area (Å²) < 4.78 is 66.5. The molecule has 6 aromatic rings. The molecule has 7 rings (SSSR count). The Morgan fingerprint density at radius 3 is 2.36 bits per heavy atom. The molecule has 1 aliphatic rings. The average Bonchev–Trinajstić information content (AvgIpc) is 3.62. The van der Waals surface area contributed by atoms with Gasteiger partial charge in [0.25, 0.3) is 5.91 Å². The molecule has 308 valence electrons. The molecule has 1 saturated heterocycles. The zero-order valence-electron chi connectivity index (χ0n) is 33.5. The van der Waals surface area contributed by atoms with Crippen molar-refractivity contribution in [1.29, 1.82) is 0 Å². The largest absolute Gasteiger partial charge is 0.493 e. The molecule has 0 saturated carbocycles. The standard InChI is InChI=1S/C44H47F2N7O5S/c1-5-29-26-35(38(58-7-3)27-36(29)52-22-17-28(18-23-52)19-24-59(4,55)56)49-44-47-20-16-34(48-44)42-40(50-39-13-8-9-21-53(39)42)30-14-15-37(57-6-2)31(25-30)43(54)51-41-32(45)11-10-12-33(41)46/h8-16,20-21,25-28H,5-7,17-19,22-24H2,1-4H3,(H,51,54)(H,47,48,49). The Balaban J connectivity index is 1.21. The fraction of sp³-hybridized carbons (Fsp3) is 0.318. The van der Waals surface area contributed by atoms with E-state index in [-0.39, 0.29) is 23.7 Å². The first-order chi connectivity index (χ1) is 28.5. The SMILES string of the molecule is CCOc1cc(N2CCC(CCS(C)(=O)=O)CC2)c(CC)cc1Nc1nccc(-c2c(-c3ccc(OCC)c(C(=O)Nc4c(F)cccc4F)c3)nc3ccccn23)n1. The van der Waals surface area contributed by atoms with Gasteiger partial charge in [0.05, 0.1) is 47.3 Å². The molecule has 12 nitrogen and oxygen atoms in total. The normalized spacial score (nSPS) is 13.4.